The minimum atomic E-state index is -0.391. The number of aromatic nitrogens is 2. The van der Waals surface area contributed by atoms with Crippen molar-refractivity contribution in [2.75, 3.05) is 11.9 Å². The number of amides is 2. The van der Waals surface area contributed by atoms with E-state index < -0.39 is 5.91 Å². The molecule has 0 aliphatic heterocycles. The first-order chi connectivity index (χ1) is 13.5. The Morgan fingerprint density at radius 2 is 2.11 bits per heavy atom. The SMILES string of the molecule is Cc1ccc(CNC(=O)COCc2nnc(C(=O)Nc3cccc(Cl)c3)s2)o1. The van der Waals surface area contributed by atoms with Crippen LogP contribution >= 0.6 is 22.9 Å². The third kappa shape index (κ3) is 5.88. The molecule has 10 heteroatoms. The molecule has 0 fully saturated rings. The maximum Gasteiger partial charge on any atom is 0.286 e. The monoisotopic (exact) mass is 420 g/mol. The molecule has 0 unspecified atom stereocenters. The lowest BCUT2D eigenvalue weighted by molar-refractivity contribution is -0.126. The van der Waals surface area contributed by atoms with Gasteiger partial charge in [-0.15, -0.1) is 10.2 Å². The predicted octanol–water partition coefficient (Wildman–Crippen LogP) is 3.18. The van der Waals surface area contributed by atoms with Gasteiger partial charge in [0, 0.05) is 10.7 Å². The van der Waals surface area contributed by atoms with Gasteiger partial charge in [0.15, 0.2) is 0 Å². The second-order valence-corrected chi connectivity index (χ2v) is 7.25. The summed E-state index contributed by atoms with van der Waals surface area (Å²) < 4.78 is 10.7. The summed E-state index contributed by atoms with van der Waals surface area (Å²) in [6.07, 6.45) is 0. The summed E-state index contributed by atoms with van der Waals surface area (Å²) in [7, 11) is 0. The van der Waals surface area contributed by atoms with Gasteiger partial charge in [-0.3, -0.25) is 9.59 Å². The standard InChI is InChI=1S/C18H17ClN4O4S/c1-11-5-6-14(27-11)8-20-15(24)9-26-10-16-22-23-18(28-16)17(25)21-13-4-2-3-12(19)7-13/h2-7H,8-10H2,1H3,(H,20,24)(H,21,25). The molecular formula is C18H17ClN4O4S. The Balaban J connectivity index is 1.41. The molecule has 1 aromatic carbocycles. The van der Waals surface area contributed by atoms with Gasteiger partial charge < -0.3 is 19.8 Å². The van der Waals surface area contributed by atoms with Crippen LogP contribution in [0, 0.1) is 6.92 Å². The molecule has 146 valence electrons. The molecule has 28 heavy (non-hydrogen) atoms. The number of hydrogen-bond acceptors (Lipinski definition) is 7. The number of carbonyl (C=O) groups is 2. The van der Waals surface area contributed by atoms with Gasteiger partial charge in [-0.1, -0.05) is 29.0 Å². The molecule has 0 saturated carbocycles. The van der Waals surface area contributed by atoms with Gasteiger partial charge in [-0.25, -0.2) is 0 Å². The molecule has 2 heterocycles. The van der Waals surface area contributed by atoms with Crippen molar-refractivity contribution < 1.29 is 18.7 Å². The maximum atomic E-state index is 12.2. The lowest BCUT2D eigenvalue weighted by Crippen LogP contribution is -2.26. The van der Waals surface area contributed by atoms with Crippen LogP contribution in [-0.2, 0) is 22.7 Å². The molecule has 2 amide bonds. The van der Waals surface area contributed by atoms with Crippen LogP contribution in [0.25, 0.3) is 0 Å². The van der Waals surface area contributed by atoms with Crippen molar-refractivity contribution in [2.45, 2.75) is 20.1 Å². The van der Waals surface area contributed by atoms with Crippen molar-refractivity contribution in [3.05, 3.63) is 63.0 Å². The van der Waals surface area contributed by atoms with E-state index in [9.17, 15) is 9.59 Å². The Kier molecular flexibility index (Phi) is 6.75. The Hall–Kier alpha value is -2.75. The zero-order valence-electron chi connectivity index (χ0n) is 14.9. The molecule has 0 bridgehead atoms. The van der Waals surface area contributed by atoms with Crippen molar-refractivity contribution in [3.63, 3.8) is 0 Å². The second-order valence-electron chi connectivity index (χ2n) is 5.75. The third-order valence-corrected chi connectivity index (χ3v) is 4.59. The van der Waals surface area contributed by atoms with E-state index in [1.54, 1.807) is 30.3 Å². The van der Waals surface area contributed by atoms with E-state index in [-0.39, 0.29) is 24.1 Å². The van der Waals surface area contributed by atoms with Gasteiger partial charge in [-0.2, -0.15) is 0 Å². The van der Waals surface area contributed by atoms with Crippen LogP contribution in [-0.4, -0.2) is 28.6 Å². The number of nitrogens with zero attached hydrogens (tertiary/aromatic N) is 2. The first-order valence-corrected chi connectivity index (χ1v) is 9.48. The van der Waals surface area contributed by atoms with Crippen LogP contribution < -0.4 is 10.6 Å². The Morgan fingerprint density at radius 1 is 1.25 bits per heavy atom. The third-order valence-electron chi connectivity index (χ3n) is 3.46. The van der Waals surface area contributed by atoms with E-state index in [1.807, 2.05) is 13.0 Å². The molecule has 0 atom stereocenters. The van der Waals surface area contributed by atoms with E-state index in [1.165, 1.54) is 0 Å². The molecule has 8 nitrogen and oxygen atoms in total. The van der Waals surface area contributed by atoms with Gasteiger partial charge in [0.1, 0.15) is 29.7 Å². The highest BCUT2D eigenvalue weighted by atomic mass is 35.5. The van der Waals surface area contributed by atoms with E-state index in [2.05, 4.69) is 20.8 Å². The molecule has 2 N–H and O–H groups in total. The van der Waals surface area contributed by atoms with Crippen LogP contribution in [0.5, 0.6) is 0 Å². The number of ether oxygens (including phenoxy) is 1. The summed E-state index contributed by atoms with van der Waals surface area (Å²) in [6, 6.07) is 10.4. The normalized spacial score (nSPS) is 10.6. The number of nitrogens with one attached hydrogen (secondary N) is 2. The molecule has 3 rings (SSSR count). The van der Waals surface area contributed by atoms with Crippen LogP contribution in [0.2, 0.25) is 5.02 Å². The predicted molar refractivity (Wildman–Crippen MR) is 104 cm³/mol. The van der Waals surface area contributed by atoms with Gasteiger partial charge in [0.05, 0.1) is 6.54 Å². The number of carbonyl (C=O) groups excluding carboxylic acids is 2. The van der Waals surface area contributed by atoms with Crippen molar-refractivity contribution in [3.8, 4) is 0 Å². The number of rotatable bonds is 8. The van der Waals surface area contributed by atoms with Crippen molar-refractivity contribution in [2.24, 2.45) is 0 Å². The summed E-state index contributed by atoms with van der Waals surface area (Å²) in [5.74, 6) is 0.785. The maximum absolute atomic E-state index is 12.2. The van der Waals surface area contributed by atoms with Crippen molar-refractivity contribution >= 4 is 40.4 Å². The number of aryl methyl sites for hydroxylation is 1. The molecule has 0 spiro atoms. The topological polar surface area (TPSA) is 106 Å². The minimum absolute atomic E-state index is 0.0788. The van der Waals surface area contributed by atoms with Crippen LogP contribution in [0.1, 0.15) is 26.3 Å². The van der Waals surface area contributed by atoms with Crippen molar-refractivity contribution in [1.29, 1.82) is 0 Å². The van der Waals surface area contributed by atoms with Crippen LogP contribution in [0.3, 0.4) is 0 Å². The minimum Gasteiger partial charge on any atom is -0.465 e. The summed E-state index contributed by atoms with van der Waals surface area (Å²) >= 11 is 6.98. The lowest BCUT2D eigenvalue weighted by Gasteiger charge is -2.03. The van der Waals surface area contributed by atoms with Gasteiger partial charge in [0.25, 0.3) is 5.91 Å². The van der Waals surface area contributed by atoms with E-state index in [4.69, 9.17) is 20.8 Å². The molecule has 3 aromatic rings. The highest BCUT2D eigenvalue weighted by Crippen LogP contribution is 2.17. The lowest BCUT2D eigenvalue weighted by atomic mass is 10.3. The Labute approximate surface area is 169 Å². The average Bonchev–Trinajstić information content (AvgIpc) is 3.29. The summed E-state index contributed by atoms with van der Waals surface area (Å²) in [5, 5.41) is 14.3. The van der Waals surface area contributed by atoms with E-state index >= 15 is 0 Å². The van der Waals surface area contributed by atoms with Crippen molar-refractivity contribution in [1.82, 2.24) is 15.5 Å². The smallest absolute Gasteiger partial charge is 0.286 e. The molecule has 0 radical (unpaired) electrons. The fourth-order valence-corrected chi connectivity index (χ4v) is 3.07. The fraction of sp³-hybridized carbons (Fsp3) is 0.222. The Morgan fingerprint density at radius 3 is 2.86 bits per heavy atom. The Bertz CT molecular complexity index is 972. The first kappa shape index (κ1) is 20.0. The van der Waals surface area contributed by atoms with Crippen LogP contribution in [0.4, 0.5) is 5.69 Å². The molecular weight excluding hydrogens is 404 g/mol. The van der Waals surface area contributed by atoms with E-state index in [0.29, 0.717) is 28.0 Å². The highest BCUT2D eigenvalue weighted by molar-refractivity contribution is 7.13. The number of halogens is 1. The molecule has 0 saturated heterocycles. The summed E-state index contributed by atoms with van der Waals surface area (Å²) in [4.78, 5) is 24.0. The van der Waals surface area contributed by atoms with Gasteiger partial charge in [-0.05, 0) is 37.3 Å². The first-order valence-electron chi connectivity index (χ1n) is 8.28. The van der Waals surface area contributed by atoms with Gasteiger partial charge in [0.2, 0.25) is 10.9 Å². The average molecular weight is 421 g/mol. The number of furan rings is 1. The summed E-state index contributed by atoms with van der Waals surface area (Å²) in [6.45, 7) is 2.07. The van der Waals surface area contributed by atoms with E-state index in [0.717, 1.165) is 17.1 Å². The summed E-state index contributed by atoms with van der Waals surface area (Å²) in [5.41, 5.74) is 0.564. The number of anilines is 1. The quantitative estimate of drug-likeness (QED) is 0.579. The van der Waals surface area contributed by atoms with Crippen LogP contribution in [0.15, 0.2) is 40.8 Å². The molecule has 0 aliphatic carbocycles. The van der Waals surface area contributed by atoms with Gasteiger partial charge >= 0.3 is 0 Å². The number of hydrogen-bond donors (Lipinski definition) is 2. The molecule has 2 aromatic heterocycles. The zero-order chi connectivity index (χ0) is 19.9. The molecule has 0 aliphatic rings. The second kappa shape index (κ2) is 9.45. The highest BCUT2D eigenvalue weighted by Gasteiger charge is 2.14. The zero-order valence-corrected chi connectivity index (χ0v) is 16.5. The largest absolute Gasteiger partial charge is 0.465 e. The number of benzene rings is 1. The fourth-order valence-electron chi connectivity index (χ4n) is 2.20.